The third-order valence-electron chi connectivity index (χ3n) is 3.31. The number of aromatic nitrogens is 1. The summed E-state index contributed by atoms with van der Waals surface area (Å²) in [5.74, 6) is 1.31. The summed E-state index contributed by atoms with van der Waals surface area (Å²) in [7, 11) is 4.46. The highest BCUT2D eigenvalue weighted by atomic mass is 32.1. The molecule has 1 aromatic heterocycles. The van der Waals surface area contributed by atoms with Crippen molar-refractivity contribution in [3.8, 4) is 17.2 Å². The van der Waals surface area contributed by atoms with Crippen molar-refractivity contribution in [2.45, 2.75) is 6.92 Å². The fourth-order valence-electron chi connectivity index (χ4n) is 2.14. The van der Waals surface area contributed by atoms with E-state index in [1.54, 1.807) is 18.3 Å². The molecule has 0 aliphatic rings. The highest BCUT2D eigenvalue weighted by molar-refractivity contribution is 7.80. The first kappa shape index (κ1) is 18.5. The van der Waals surface area contributed by atoms with E-state index in [0.29, 0.717) is 28.6 Å². The third-order valence-corrected chi connectivity index (χ3v) is 3.52. The number of nitrogens with zero attached hydrogens (tertiary/aromatic N) is 1. The molecule has 0 saturated carbocycles. The molecule has 1 aromatic carbocycles. The van der Waals surface area contributed by atoms with Gasteiger partial charge < -0.3 is 19.5 Å². The number of carbonyl (C=O) groups excluding carboxylic acids is 1. The summed E-state index contributed by atoms with van der Waals surface area (Å²) >= 11 is 5.16. The van der Waals surface area contributed by atoms with Crippen molar-refractivity contribution in [1.82, 2.24) is 10.3 Å². The van der Waals surface area contributed by atoms with Gasteiger partial charge in [0.1, 0.15) is 5.82 Å². The molecule has 2 aromatic rings. The van der Waals surface area contributed by atoms with Crippen LogP contribution < -0.4 is 24.8 Å². The number of aryl methyl sites for hydroxylation is 1. The van der Waals surface area contributed by atoms with Crippen LogP contribution in [0.3, 0.4) is 0 Å². The normalized spacial score (nSPS) is 9.92. The van der Waals surface area contributed by atoms with Gasteiger partial charge in [-0.3, -0.25) is 10.1 Å². The number of anilines is 1. The Balaban J connectivity index is 2.16. The molecule has 132 valence electrons. The zero-order valence-electron chi connectivity index (χ0n) is 14.4. The lowest BCUT2D eigenvalue weighted by Crippen LogP contribution is -2.34. The Morgan fingerprint density at radius 3 is 2.24 bits per heavy atom. The Bertz CT molecular complexity index is 770. The van der Waals surface area contributed by atoms with Gasteiger partial charge in [-0.05, 0) is 49.0 Å². The van der Waals surface area contributed by atoms with E-state index >= 15 is 0 Å². The Hall–Kier alpha value is -2.87. The van der Waals surface area contributed by atoms with Crippen LogP contribution in [0.4, 0.5) is 5.82 Å². The molecule has 0 saturated heterocycles. The van der Waals surface area contributed by atoms with Gasteiger partial charge in [-0.25, -0.2) is 4.98 Å². The topological polar surface area (TPSA) is 81.7 Å². The van der Waals surface area contributed by atoms with Gasteiger partial charge in [0.15, 0.2) is 16.6 Å². The number of amides is 1. The molecule has 0 aliphatic heterocycles. The van der Waals surface area contributed by atoms with Gasteiger partial charge in [-0.2, -0.15) is 0 Å². The molecule has 1 heterocycles. The van der Waals surface area contributed by atoms with Crippen LogP contribution >= 0.6 is 12.2 Å². The number of ether oxygens (including phenoxy) is 3. The van der Waals surface area contributed by atoms with E-state index in [1.807, 2.05) is 19.1 Å². The fourth-order valence-corrected chi connectivity index (χ4v) is 2.34. The molecule has 0 fully saturated rings. The van der Waals surface area contributed by atoms with E-state index in [0.717, 1.165) is 5.56 Å². The van der Waals surface area contributed by atoms with Crippen LogP contribution in [0.25, 0.3) is 0 Å². The van der Waals surface area contributed by atoms with E-state index in [1.165, 1.54) is 21.3 Å². The first-order valence-electron chi connectivity index (χ1n) is 7.33. The Kier molecular flexibility index (Phi) is 6.13. The highest BCUT2D eigenvalue weighted by Crippen LogP contribution is 2.38. The second kappa shape index (κ2) is 8.29. The van der Waals surface area contributed by atoms with E-state index in [2.05, 4.69) is 15.6 Å². The fraction of sp³-hybridized carbons (Fsp3) is 0.235. The smallest absolute Gasteiger partial charge is 0.257 e. The molecule has 0 spiro atoms. The molecule has 1 amide bonds. The molecule has 0 aliphatic carbocycles. The number of hydrogen-bond donors (Lipinski definition) is 2. The van der Waals surface area contributed by atoms with Crippen LogP contribution in [0.1, 0.15) is 15.9 Å². The molecule has 8 heteroatoms. The maximum Gasteiger partial charge on any atom is 0.257 e. The summed E-state index contributed by atoms with van der Waals surface area (Å²) in [6.45, 7) is 1.93. The van der Waals surface area contributed by atoms with Crippen molar-refractivity contribution < 1.29 is 19.0 Å². The zero-order chi connectivity index (χ0) is 18.4. The maximum absolute atomic E-state index is 12.4. The summed E-state index contributed by atoms with van der Waals surface area (Å²) in [4.78, 5) is 16.6. The van der Waals surface area contributed by atoms with E-state index in [9.17, 15) is 4.79 Å². The van der Waals surface area contributed by atoms with Crippen LogP contribution in [0.2, 0.25) is 0 Å². The number of rotatable bonds is 5. The highest BCUT2D eigenvalue weighted by Gasteiger charge is 2.17. The van der Waals surface area contributed by atoms with Crippen molar-refractivity contribution in [2.24, 2.45) is 0 Å². The van der Waals surface area contributed by atoms with E-state index in [-0.39, 0.29) is 5.11 Å². The zero-order valence-corrected chi connectivity index (χ0v) is 15.2. The van der Waals surface area contributed by atoms with Gasteiger partial charge >= 0.3 is 0 Å². The molecular weight excluding hydrogens is 342 g/mol. The summed E-state index contributed by atoms with van der Waals surface area (Å²) < 4.78 is 15.7. The van der Waals surface area contributed by atoms with Crippen LogP contribution in [0.5, 0.6) is 17.2 Å². The van der Waals surface area contributed by atoms with Gasteiger partial charge in [-0.1, -0.05) is 0 Å². The van der Waals surface area contributed by atoms with Crippen LogP contribution in [0, 0.1) is 6.92 Å². The average Bonchev–Trinajstić information content (AvgIpc) is 2.60. The molecule has 7 nitrogen and oxygen atoms in total. The van der Waals surface area contributed by atoms with Crippen molar-refractivity contribution in [3.63, 3.8) is 0 Å². The van der Waals surface area contributed by atoms with Crippen LogP contribution in [0.15, 0.2) is 30.5 Å². The lowest BCUT2D eigenvalue weighted by Gasteiger charge is -2.14. The summed E-state index contributed by atoms with van der Waals surface area (Å²) in [6.07, 6.45) is 1.65. The van der Waals surface area contributed by atoms with Crippen molar-refractivity contribution in [3.05, 3.63) is 41.6 Å². The van der Waals surface area contributed by atoms with E-state index < -0.39 is 5.91 Å². The quantitative estimate of drug-likeness (QED) is 0.792. The number of pyridine rings is 1. The van der Waals surface area contributed by atoms with Gasteiger partial charge in [0, 0.05) is 11.8 Å². The Morgan fingerprint density at radius 1 is 1.08 bits per heavy atom. The summed E-state index contributed by atoms with van der Waals surface area (Å²) in [6, 6.07) is 6.77. The van der Waals surface area contributed by atoms with E-state index in [4.69, 9.17) is 26.4 Å². The number of methoxy groups -OCH3 is 3. The molecule has 0 unspecified atom stereocenters. The predicted octanol–water partition coefficient (Wildman–Crippen LogP) is 2.54. The number of benzene rings is 1. The van der Waals surface area contributed by atoms with Gasteiger partial charge in [0.25, 0.3) is 5.91 Å². The van der Waals surface area contributed by atoms with Crippen LogP contribution in [-0.4, -0.2) is 37.3 Å². The van der Waals surface area contributed by atoms with Crippen LogP contribution in [-0.2, 0) is 0 Å². The minimum Gasteiger partial charge on any atom is -0.493 e. The second-order valence-electron chi connectivity index (χ2n) is 5.04. The summed E-state index contributed by atoms with van der Waals surface area (Å²) in [5, 5.41) is 5.59. The molecular formula is C17H19N3O4S. The predicted molar refractivity (Wildman–Crippen MR) is 98.8 cm³/mol. The minimum absolute atomic E-state index is 0.136. The average molecular weight is 361 g/mol. The molecule has 2 N–H and O–H groups in total. The van der Waals surface area contributed by atoms with Crippen molar-refractivity contribution in [1.29, 1.82) is 0 Å². The molecule has 0 radical (unpaired) electrons. The maximum atomic E-state index is 12.4. The molecule has 0 bridgehead atoms. The first-order chi connectivity index (χ1) is 12.0. The minimum atomic E-state index is -0.413. The molecule has 0 atom stereocenters. The molecule has 2 rings (SSSR count). The molecule has 25 heavy (non-hydrogen) atoms. The lowest BCUT2D eigenvalue weighted by molar-refractivity contribution is 0.0977. The third kappa shape index (κ3) is 4.57. The lowest BCUT2D eigenvalue weighted by atomic mass is 10.1. The Morgan fingerprint density at radius 2 is 1.72 bits per heavy atom. The number of nitrogens with one attached hydrogen (secondary N) is 2. The van der Waals surface area contributed by atoms with Crippen molar-refractivity contribution in [2.75, 3.05) is 26.6 Å². The van der Waals surface area contributed by atoms with Gasteiger partial charge in [0.05, 0.1) is 21.3 Å². The number of thiocarbonyl (C=S) groups is 1. The Labute approximate surface area is 151 Å². The van der Waals surface area contributed by atoms with Gasteiger partial charge in [-0.15, -0.1) is 0 Å². The summed E-state index contributed by atoms with van der Waals surface area (Å²) in [5.41, 5.74) is 1.34. The first-order valence-corrected chi connectivity index (χ1v) is 7.74. The largest absolute Gasteiger partial charge is 0.493 e. The number of carbonyl (C=O) groups is 1. The van der Waals surface area contributed by atoms with Gasteiger partial charge in [0.2, 0.25) is 5.75 Å². The number of hydrogen-bond acceptors (Lipinski definition) is 6. The monoisotopic (exact) mass is 361 g/mol. The van der Waals surface area contributed by atoms with Crippen molar-refractivity contribution >= 4 is 29.1 Å². The standard InChI is InChI=1S/C17H19N3O4S/c1-10-5-6-18-14(7-10)19-17(25)20-16(21)11-8-12(22-2)15(24-4)13(9-11)23-3/h5-9H,1-4H3,(H2,18,19,20,21,25). The SMILES string of the molecule is COc1cc(C(=O)NC(=S)Nc2cc(C)ccn2)cc(OC)c1OC. The second-order valence-corrected chi connectivity index (χ2v) is 5.45.